The molecule has 0 radical (unpaired) electrons. The molecule has 2 nitrogen and oxygen atoms in total. The van der Waals surface area contributed by atoms with Gasteiger partial charge in [-0.25, -0.2) is 13.6 Å². The Balaban J connectivity index is 2.64. The van der Waals surface area contributed by atoms with E-state index in [2.05, 4.69) is 0 Å². The molecule has 4 heteroatoms. The highest BCUT2D eigenvalue weighted by atomic mass is 19.1. The van der Waals surface area contributed by atoms with Crippen LogP contribution in [0.2, 0.25) is 0 Å². The second kappa shape index (κ2) is 4.56. The number of aromatic carboxylic acids is 1. The second-order valence-corrected chi connectivity index (χ2v) is 3.93. The van der Waals surface area contributed by atoms with Crippen LogP contribution in [0.1, 0.15) is 15.9 Å². The molecule has 0 amide bonds. The fourth-order valence-electron chi connectivity index (χ4n) is 1.82. The van der Waals surface area contributed by atoms with Crippen LogP contribution >= 0.6 is 0 Å². The van der Waals surface area contributed by atoms with Crippen LogP contribution in [0.5, 0.6) is 0 Å². The smallest absolute Gasteiger partial charge is 0.338 e. The molecule has 92 valence electrons. The molecule has 0 saturated heterocycles. The number of hydrogen-bond donors (Lipinski definition) is 1. The summed E-state index contributed by atoms with van der Waals surface area (Å²) in [6, 6.07) is 8.24. The summed E-state index contributed by atoms with van der Waals surface area (Å²) in [7, 11) is 0. The summed E-state index contributed by atoms with van der Waals surface area (Å²) in [4.78, 5) is 10.8. The SMILES string of the molecule is Cc1cc(C(=O)O)c(F)cc1-c1ccccc1F. The van der Waals surface area contributed by atoms with Crippen molar-refractivity contribution in [3.8, 4) is 11.1 Å². The second-order valence-electron chi connectivity index (χ2n) is 3.93. The molecule has 0 aliphatic rings. The zero-order chi connectivity index (χ0) is 13.3. The molecule has 18 heavy (non-hydrogen) atoms. The minimum Gasteiger partial charge on any atom is -0.478 e. The van der Waals surface area contributed by atoms with Gasteiger partial charge in [0.25, 0.3) is 0 Å². The first-order valence-corrected chi connectivity index (χ1v) is 5.29. The van der Waals surface area contributed by atoms with Gasteiger partial charge in [-0.2, -0.15) is 0 Å². The molecule has 2 aromatic carbocycles. The number of benzene rings is 2. The molecule has 0 unspecified atom stereocenters. The van der Waals surface area contributed by atoms with E-state index in [0.717, 1.165) is 6.07 Å². The molecular weight excluding hydrogens is 238 g/mol. The van der Waals surface area contributed by atoms with Gasteiger partial charge in [-0.15, -0.1) is 0 Å². The number of rotatable bonds is 2. The summed E-state index contributed by atoms with van der Waals surface area (Å²) in [6.07, 6.45) is 0. The zero-order valence-corrected chi connectivity index (χ0v) is 9.58. The lowest BCUT2D eigenvalue weighted by atomic mass is 9.97. The van der Waals surface area contributed by atoms with Crippen molar-refractivity contribution < 1.29 is 18.7 Å². The third kappa shape index (κ3) is 2.09. The fourth-order valence-corrected chi connectivity index (χ4v) is 1.82. The van der Waals surface area contributed by atoms with Crippen molar-refractivity contribution in [3.05, 3.63) is 59.2 Å². The predicted octanol–water partition coefficient (Wildman–Crippen LogP) is 3.64. The Morgan fingerprint density at radius 1 is 1.06 bits per heavy atom. The topological polar surface area (TPSA) is 37.3 Å². The Morgan fingerprint density at radius 2 is 1.72 bits per heavy atom. The summed E-state index contributed by atoms with van der Waals surface area (Å²) in [5, 5.41) is 8.79. The van der Waals surface area contributed by atoms with Gasteiger partial charge in [0.05, 0.1) is 5.56 Å². The predicted molar refractivity (Wildman–Crippen MR) is 63.5 cm³/mol. The number of aryl methyl sites for hydroxylation is 1. The van der Waals surface area contributed by atoms with Crippen LogP contribution in [0.4, 0.5) is 8.78 Å². The monoisotopic (exact) mass is 248 g/mol. The van der Waals surface area contributed by atoms with E-state index in [9.17, 15) is 13.6 Å². The number of carboxylic acid groups (broad SMARTS) is 1. The van der Waals surface area contributed by atoms with Crippen molar-refractivity contribution in [1.82, 2.24) is 0 Å². The number of hydrogen-bond acceptors (Lipinski definition) is 1. The quantitative estimate of drug-likeness (QED) is 0.880. The van der Waals surface area contributed by atoms with E-state index in [1.165, 1.54) is 24.3 Å². The molecule has 2 rings (SSSR count). The number of carboxylic acids is 1. The van der Waals surface area contributed by atoms with E-state index >= 15 is 0 Å². The van der Waals surface area contributed by atoms with Crippen molar-refractivity contribution in [2.45, 2.75) is 6.92 Å². The molecule has 0 spiro atoms. The van der Waals surface area contributed by atoms with Gasteiger partial charge in [0.15, 0.2) is 0 Å². The van der Waals surface area contributed by atoms with Gasteiger partial charge in [0.1, 0.15) is 11.6 Å². The van der Waals surface area contributed by atoms with Gasteiger partial charge in [0, 0.05) is 5.56 Å². The highest BCUT2D eigenvalue weighted by molar-refractivity contribution is 5.89. The fraction of sp³-hybridized carbons (Fsp3) is 0.0714. The average molecular weight is 248 g/mol. The van der Waals surface area contributed by atoms with Gasteiger partial charge in [-0.3, -0.25) is 0 Å². The third-order valence-electron chi connectivity index (χ3n) is 2.71. The first kappa shape index (κ1) is 12.2. The lowest BCUT2D eigenvalue weighted by molar-refractivity contribution is 0.0692. The maximum atomic E-state index is 13.6. The molecule has 0 aromatic heterocycles. The van der Waals surface area contributed by atoms with Gasteiger partial charge in [0.2, 0.25) is 0 Å². The van der Waals surface area contributed by atoms with Crippen LogP contribution in [0.3, 0.4) is 0 Å². The molecule has 0 bridgehead atoms. The lowest BCUT2D eigenvalue weighted by Crippen LogP contribution is -2.02. The summed E-state index contributed by atoms with van der Waals surface area (Å²) in [6.45, 7) is 1.62. The number of carbonyl (C=O) groups is 1. The normalized spacial score (nSPS) is 10.4. The molecule has 0 atom stereocenters. The average Bonchev–Trinajstić information content (AvgIpc) is 2.32. The van der Waals surface area contributed by atoms with Gasteiger partial charge in [-0.1, -0.05) is 18.2 Å². The molecule has 0 aliphatic heterocycles. The zero-order valence-electron chi connectivity index (χ0n) is 9.58. The van der Waals surface area contributed by atoms with E-state index in [0.29, 0.717) is 11.1 Å². The van der Waals surface area contributed by atoms with Crippen molar-refractivity contribution in [2.24, 2.45) is 0 Å². The minimum atomic E-state index is -1.34. The molecule has 1 N–H and O–H groups in total. The molecule has 0 aliphatic carbocycles. The van der Waals surface area contributed by atoms with E-state index in [4.69, 9.17) is 5.11 Å². The number of halogens is 2. The van der Waals surface area contributed by atoms with Crippen LogP contribution in [0.25, 0.3) is 11.1 Å². The Kier molecular flexibility index (Phi) is 3.10. The molecule has 0 fully saturated rings. The first-order valence-electron chi connectivity index (χ1n) is 5.29. The van der Waals surface area contributed by atoms with E-state index < -0.39 is 23.2 Å². The van der Waals surface area contributed by atoms with Gasteiger partial charge in [-0.05, 0) is 36.2 Å². The minimum absolute atomic E-state index is 0.255. The molecule has 2 aromatic rings. The van der Waals surface area contributed by atoms with Crippen molar-refractivity contribution in [3.63, 3.8) is 0 Å². The Bertz CT molecular complexity index is 621. The highest BCUT2D eigenvalue weighted by Crippen LogP contribution is 2.28. The first-order chi connectivity index (χ1) is 8.50. The molecule has 0 heterocycles. The van der Waals surface area contributed by atoms with Crippen molar-refractivity contribution in [1.29, 1.82) is 0 Å². The Labute approximate surface area is 103 Å². The Morgan fingerprint density at radius 3 is 2.33 bits per heavy atom. The van der Waals surface area contributed by atoms with Crippen LogP contribution in [0.15, 0.2) is 36.4 Å². The van der Waals surface area contributed by atoms with Gasteiger partial charge >= 0.3 is 5.97 Å². The maximum absolute atomic E-state index is 13.6. The van der Waals surface area contributed by atoms with E-state index in [-0.39, 0.29) is 5.56 Å². The van der Waals surface area contributed by atoms with Crippen molar-refractivity contribution in [2.75, 3.05) is 0 Å². The van der Waals surface area contributed by atoms with Crippen LogP contribution in [-0.4, -0.2) is 11.1 Å². The lowest BCUT2D eigenvalue weighted by Gasteiger charge is -2.09. The maximum Gasteiger partial charge on any atom is 0.338 e. The standard InChI is InChI=1S/C14H10F2O2/c1-8-6-11(14(17)18)13(16)7-10(8)9-4-2-3-5-12(9)15/h2-7H,1H3,(H,17,18). The van der Waals surface area contributed by atoms with E-state index in [1.54, 1.807) is 13.0 Å². The van der Waals surface area contributed by atoms with E-state index in [1.807, 2.05) is 0 Å². The Hall–Kier alpha value is -2.23. The molecule has 0 saturated carbocycles. The molecular formula is C14H10F2O2. The summed E-state index contributed by atoms with van der Waals surface area (Å²) in [5.74, 6) is -2.68. The largest absolute Gasteiger partial charge is 0.478 e. The summed E-state index contributed by atoms with van der Waals surface area (Å²) >= 11 is 0. The third-order valence-corrected chi connectivity index (χ3v) is 2.71. The summed E-state index contributed by atoms with van der Waals surface area (Å²) < 4.78 is 27.2. The van der Waals surface area contributed by atoms with Crippen molar-refractivity contribution >= 4 is 5.97 Å². The van der Waals surface area contributed by atoms with Crippen LogP contribution in [0, 0.1) is 18.6 Å². The van der Waals surface area contributed by atoms with Crippen LogP contribution < -0.4 is 0 Å². The summed E-state index contributed by atoms with van der Waals surface area (Å²) in [5.41, 5.74) is 0.716. The van der Waals surface area contributed by atoms with Crippen LogP contribution in [-0.2, 0) is 0 Å². The highest BCUT2D eigenvalue weighted by Gasteiger charge is 2.15. The van der Waals surface area contributed by atoms with Gasteiger partial charge < -0.3 is 5.11 Å².